The van der Waals surface area contributed by atoms with E-state index < -0.39 is 6.09 Å². The second-order valence-electron chi connectivity index (χ2n) is 12.0. The van der Waals surface area contributed by atoms with Crippen molar-refractivity contribution in [1.82, 2.24) is 20.1 Å². The highest BCUT2D eigenvalue weighted by Gasteiger charge is 2.34. The topological polar surface area (TPSA) is 83.0 Å². The Morgan fingerprint density at radius 2 is 1.77 bits per heavy atom. The number of hydrogen-bond donors (Lipinski definition) is 2. The maximum absolute atomic E-state index is 12.8. The number of piperidine rings is 3. The van der Waals surface area contributed by atoms with Gasteiger partial charge in [0.2, 0.25) is 5.88 Å². The maximum atomic E-state index is 12.8. The summed E-state index contributed by atoms with van der Waals surface area (Å²) in [6.45, 7) is 6.25. The van der Waals surface area contributed by atoms with Crippen LogP contribution in [0.1, 0.15) is 50.5 Å². The Kier molecular flexibility index (Phi) is 10.4. The number of hydrogen-bond acceptors (Lipinski definition) is 6. The minimum absolute atomic E-state index is 0. The van der Waals surface area contributed by atoms with Crippen molar-refractivity contribution in [3.63, 3.8) is 0 Å². The summed E-state index contributed by atoms with van der Waals surface area (Å²) < 4.78 is 17.5. The van der Waals surface area contributed by atoms with Gasteiger partial charge in [-0.1, -0.05) is 30.7 Å². The van der Waals surface area contributed by atoms with Crippen molar-refractivity contribution >= 4 is 52.8 Å². The highest BCUT2D eigenvalue weighted by atomic mass is 35.5. The van der Waals surface area contributed by atoms with E-state index in [1.807, 2.05) is 48.5 Å². The van der Waals surface area contributed by atoms with Crippen LogP contribution in [0.2, 0.25) is 0 Å². The molecule has 2 aromatic heterocycles. The molecular formula is C33H42Cl2N4O4. The van der Waals surface area contributed by atoms with Crippen LogP contribution in [-0.2, 0) is 6.61 Å². The van der Waals surface area contributed by atoms with Crippen molar-refractivity contribution < 1.29 is 18.7 Å². The van der Waals surface area contributed by atoms with Crippen molar-refractivity contribution in [1.29, 1.82) is 0 Å². The molecule has 0 saturated carbocycles. The number of carbonyl (C=O) groups is 1. The highest BCUT2D eigenvalue weighted by Crippen LogP contribution is 2.33. The van der Waals surface area contributed by atoms with Crippen molar-refractivity contribution in [2.75, 3.05) is 32.7 Å². The Morgan fingerprint density at radius 3 is 2.65 bits per heavy atom. The van der Waals surface area contributed by atoms with Crippen LogP contribution in [0.4, 0.5) is 4.79 Å². The number of nitrogens with one attached hydrogen (secondary N) is 2. The third-order valence-electron chi connectivity index (χ3n) is 9.38. The molecule has 0 unspecified atom stereocenters. The number of furan rings is 1. The van der Waals surface area contributed by atoms with Gasteiger partial charge in [0.25, 0.3) is 0 Å². The number of rotatable bonds is 7. The standard InChI is InChI=1S/C33H40N4O4.2ClH/c38-33(34-25-13-17-36(18-14-25)20-23-7-6-16-37-15-4-3-10-29(23)37)41-32-19-27-28(35-32)9-5-12-31(27)40-22-24-21-39-30-11-2-1-8-26(24)30;;/h1-2,5,8-9,11-12,19,21,23,25,29,35H,3-4,6-7,10,13-18,20,22H2,(H,34,38);2*1H/t23-,29+;;/m0../s1. The molecule has 3 saturated heterocycles. The molecule has 0 bridgehead atoms. The minimum Gasteiger partial charge on any atom is -0.488 e. The second-order valence-corrected chi connectivity index (χ2v) is 12.0. The summed E-state index contributed by atoms with van der Waals surface area (Å²) in [4.78, 5) is 21.4. The molecule has 2 aromatic carbocycles. The summed E-state index contributed by atoms with van der Waals surface area (Å²) in [6.07, 6.45) is 10.1. The summed E-state index contributed by atoms with van der Waals surface area (Å²) in [6, 6.07) is 16.5. The first-order valence-electron chi connectivity index (χ1n) is 15.3. The number of nitrogens with zero attached hydrogens (tertiary/aromatic N) is 2. The van der Waals surface area contributed by atoms with E-state index in [1.165, 1.54) is 51.7 Å². The Balaban J connectivity index is 0.00000184. The van der Waals surface area contributed by atoms with E-state index in [9.17, 15) is 4.79 Å². The number of aromatic nitrogens is 1. The van der Waals surface area contributed by atoms with Gasteiger partial charge >= 0.3 is 6.09 Å². The summed E-state index contributed by atoms with van der Waals surface area (Å²) >= 11 is 0. The molecule has 0 aliphatic carbocycles. The average molecular weight is 630 g/mol. The molecule has 4 aromatic rings. The van der Waals surface area contributed by atoms with Gasteiger partial charge in [-0.2, -0.15) is 0 Å². The fourth-order valence-corrected chi connectivity index (χ4v) is 7.26. The van der Waals surface area contributed by atoms with Crippen molar-refractivity contribution in [3.8, 4) is 11.6 Å². The molecule has 1 amide bonds. The predicted molar refractivity (Wildman–Crippen MR) is 174 cm³/mol. The zero-order chi connectivity index (χ0) is 27.6. The lowest BCUT2D eigenvalue weighted by Crippen LogP contribution is -2.52. The second kappa shape index (κ2) is 14.2. The minimum atomic E-state index is -0.410. The molecule has 7 rings (SSSR count). The number of H-pyrrole nitrogens is 1. The van der Waals surface area contributed by atoms with Crippen LogP contribution in [0, 0.1) is 5.92 Å². The molecule has 3 aliphatic heterocycles. The predicted octanol–water partition coefficient (Wildman–Crippen LogP) is 7.15. The van der Waals surface area contributed by atoms with Crippen LogP contribution < -0.4 is 14.8 Å². The molecule has 5 heterocycles. The maximum Gasteiger partial charge on any atom is 0.414 e. The fourth-order valence-electron chi connectivity index (χ4n) is 7.26. The summed E-state index contributed by atoms with van der Waals surface area (Å²) in [5, 5.41) is 5.02. The van der Waals surface area contributed by atoms with Gasteiger partial charge in [-0.05, 0) is 75.7 Å². The first kappa shape index (κ1) is 31.5. The van der Waals surface area contributed by atoms with E-state index in [0.29, 0.717) is 12.5 Å². The molecule has 10 heteroatoms. The third-order valence-corrected chi connectivity index (χ3v) is 9.38. The van der Waals surface area contributed by atoms with Gasteiger partial charge < -0.3 is 34.0 Å². The smallest absolute Gasteiger partial charge is 0.414 e. The third kappa shape index (κ3) is 7.09. The number of benzene rings is 2. The van der Waals surface area contributed by atoms with E-state index in [-0.39, 0.29) is 30.9 Å². The molecule has 2 N–H and O–H groups in total. The molecule has 0 radical (unpaired) electrons. The number of halogens is 2. The zero-order valence-electron chi connectivity index (χ0n) is 24.5. The molecular weight excluding hydrogens is 587 g/mol. The molecule has 0 spiro atoms. The largest absolute Gasteiger partial charge is 0.488 e. The monoisotopic (exact) mass is 628 g/mol. The summed E-state index contributed by atoms with van der Waals surface area (Å²) in [5.41, 5.74) is 2.69. The highest BCUT2D eigenvalue weighted by molar-refractivity contribution is 5.88. The van der Waals surface area contributed by atoms with Crippen LogP contribution in [-0.4, -0.2) is 65.7 Å². The van der Waals surface area contributed by atoms with Gasteiger partial charge in [-0.3, -0.25) is 0 Å². The molecule has 232 valence electrons. The number of amides is 1. The number of fused-ring (bicyclic) bond motifs is 3. The fraction of sp³-hybridized carbons (Fsp3) is 0.485. The van der Waals surface area contributed by atoms with Gasteiger partial charge in [-0.15, -0.1) is 24.8 Å². The quantitative estimate of drug-likeness (QED) is 0.226. The Labute approximate surface area is 265 Å². The lowest BCUT2D eigenvalue weighted by atomic mass is 9.83. The molecule has 8 nitrogen and oxygen atoms in total. The number of carbonyl (C=O) groups excluding carboxylic acids is 1. The Hall–Kier alpha value is -2.91. The van der Waals surface area contributed by atoms with Gasteiger partial charge in [0.05, 0.1) is 11.8 Å². The number of ether oxygens (including phenoxy) is 2. The van der Waals surface area contributed by atoms with E-state index in [4.69, 9.17) is 13.9 Å². The van der Waals surface area contributed by atoms with Crippen molar-refractivity contribution in [3.05, 3.63) is 60.4 Å². The van der Waals surface area contributed by atoms with E-state index >= 15 is 0 Å². The van der Waals surface area contributed by atoms with Gasteiger partial charge in [0.15, 0.2) is 0 Å². The lowest BCUT2D eigenvalue weighted by Gasteiger charge is -2.46. The number of aromatic amines is 1. The molecule has 3 fully saturated rings. The zero-order valence-corrected chi connectivity index (χ0v) is 26.1. The van der Waals surface area contributed by atoms with Crippen LogP contribution >= 0.6 is 24.8 Å². The van der Waals surface area contributed by atoms with Crippen LogP contribution in [0.15, 0.2) is 59.2 Å². The van der Waals surface area contributed by atoms with Crippen molar-refractivity contribution in [2.45, 2.75) is 63.6 Å². The first-order chi connectivity index (χ1) is 20.2. The molecule has 43 heavy (non-hydrogen) atoms. The van der Waals surface area contributed by atoms with Crippen LogP contribution in [0.25, 0.3) is 21.9 Å². The number of para-hydroxylation sites is 1. The summed E-state index contributed by atoms with van der Waals surface area (Å²) in [7, 11) is 0. The molecule has 3 aliphatic rings. The van der Waals surface area contributed by atoms with E-state index in [0.717, 1.165) is 71.1 Å². The van der Waals surface area contributed by atoms with Gasteiger partial charge in [0, 0.05) is 54.1 Å². The summed E-state index contributed by atoms with van der Waals surface area (Å²) in [5.74, 6) is 1.93. The van der Waals surface area contributed by atoms with Gasteiger partial charge in [0.1, 0.15) is 17.9 Å². The van der Waals surface area contributed by atoms with Crippen molar-refractivity contribution in [2.24, 2.45) is 5.92 Å². The van der Waals surface area contributed by atoms with Crippen LogP contribution in [0.5, 0.6) is 11.6 Å². The van der Waals surface area contributed by atoms with E-state index in [1.54, 1.807) is 6.26 Å². The Morgan fingerprint density at radius 1 is 0.930 bits per heavy atom. The average Bonchev–Trinajstić information content (AvgIpc) is 3.61. The molecule has 2 atom stereocenters. The lowest BCUT2D eigenvalue weighted by molar-refractivity contribution is 0.0353. The first-order valence-corrected chi connectivity index (χ1v) is 15.3. The Bertz CT molecular complexity index is 1500. The van der Waals surface area contributed by atoms with E-state index in [2.05, 4.69) is 20.1 Å². The number of likely N-dealkylation sites (tertiary alicyclic amines) is 1. The van der Waals surface area contributed by atoms with Crippen LogP contribution in [0.3, 0.4) is 0 Å². The normalized spacial score (nSPS) is 21.5. The SMILES string of the molecule is Cl.Cl.O=C(NC1CCN(C[C@@H]2CCCN3CCCC[C@H]23)CC1)Oc1cc2c(OCc3coc4ccccc34)cccc2[nH]1. The van der Waals surface area contributed by atoms with Gasteiger partial charge in [-0.25, -0.2) is 4.79 Å².